The van der Waals surface area contributed by atoms with Gasteiger partial charge in [-0.3, -0.25) is 0 Å². The van der Waals surface area contributed by atoms with Gasteiger partial charge in [-0.1, -0.05) is 0 Å². The highest BCUT2D eigenvalue weighted by molar-refractivity contribution is 5.65. The highest BCUT2D eigenvalue weighted by Crippen LogP contribution is 2.58. The molecule has 4 saturated carbocycles. The van der Waals surface area contributed by atoms with Crippen LogP contribution in [0.15, 0.2) is 0 Å². The minimum Gasteiger partial charge on any atom is -0.443 e. The van der Waals surface area contributed by atoms with Gasteiger partial charge < -0.3 is 15.6 Å². The number of carbonyl (C=O) groups is 1. The molecule has 4 rings (SSSR count). The first-order chi connectivity index (χ1) is 6.99. The maximum absolute atomic E-state index is 10.9. The van der Waals surface area contributed by atoms with Crippen LogP contribution >= 0.6 is 0 Å². The summed E-state index contributed by atoms with van der Waals surface area (Å²) in [5, 5.41) is 10.3. The van der Waals surface area contributed by atoms with Gasteiger partial charge in [0.25, 0.3) is 0 Å². The molecule has 0 saturated heterocycles. The number of hydrogen-bond donors (Lipinski definition) is 2. The molecule has 4 aliphatic carbocycles. The van der Waals surface area contributed by atoms with Gasteiger partial charge in [-0.05, 0) is 43.9 Å². The molecule has 0 aliphatic heterocycles. The Morgan fingerprint density at radius 1 is 1.27 bits per heavy atom. The molecule has 4 nitrogen and oxygen atoms in total. The predicted molar refractivity (Wildman–Crippen MR) is 53.0 cm³/mol. The van der Waals surface area contributed by atoms with Crippen molar-refractivity contribution in [2.75, 3.05) is 0 Å². The van der Waals surface area contributed by atoms with Crippen molar-refractivity contribution in [1.29, 1.82) is 0 Å². The highest BCUT2D eigenvalue weighted by atomic mass is 16.6. The summed E-state index contributed by atoms with van der Waals surface area (Å²) in [6.07, 6.45) is 4.65. The van der Waals surface area contributed by atoms with Gasteiger partial charge >= 0.3 is 6.09 Å². The van der Waals surface area contributed by atoms with E-state index in [0.29, 0.717) is 18.3 Å². The zero-order chi connectivity index (χ0) is 10.7. The Morgan fingerprint density at radius 2 is 1.87 bits per heavy atom. The van der Waals surface area contributed by atoms with Crippen molar-refractivity contribution in [3.05, 3.63) is 0 Å². The molecule has 15 heavy (non-hydrogen) atoms. The van der Waals surface area contributed by atoms with Gasteiger partial charge in [0, 0.05) is 6.42 Å². The molecule has 2 unspecified atom stereocenters. The van der Waals surface area contributed by atoms with Crippen LogP contribution in [-0.2, 0) is 4.74 Å². The van der Waals surface area contributed by atoms with Crippen LogP contribution in [0, 0.1) is 11.8 Å². The van der Waals surface area contributed by atoms with E-state index >= 15 is 0 Å². The Balaban J connectivity index is 1.89. The van der Waals surface area contributed by atoms with Gasteiger partial charge in [-0.25, -0.2) is 4.79 Å². The smallest absolute Gasteiger partial charge is 0.405 e. The topological polar surface area (TPSA) is 72.6 Å². The Morgan fingerprint density at radius 3 is 2.33 bits per heavy atom. The lowest BCUT2D eigenvalue weighted by Crippen LogP contribution is -2.60. The molecule has 4 bridgehead atoms. The maximum atomic E-state index is 10.9. The van der Waals surface area contributed by atoms with E-state index in [2.05, 4.69) is 0 Å². The average Bonchev–Trinajstić information content (AvgIpc) is 1.94. The molecule has 1 amide bonds. The summed E-state index contributed by atoms with van der Waals surface area (Å²) >= 11 is 0. The van der Waals surface area contributed by atoms with Crippen LogP contribution in [0.2, 0.25) is 0 Å². The third kappa shape index (κ3) is 1.42. The Kier molecular flexibility index (Phi) is 1.68. The van der Waals surface area contributed by atoms with Gasteiger partial charge in [0.15, 0.2) is 0 Å². The van der Waals surface area contributed by atoms with Gasteiger partial charge in [0.2, 0.25) is 0 Å². The summed E-state index contributed by atoms with van der Waals surface area (Å²) in [5.41, 5.74) is 4.09. The van der Waals surface area contributed by atoms with Crippen LogP contribution in [0.1, 0.15) is 38.5 Å². The van der Waals surface area contributed by atoms with Crippen molar-refractivity contribution in [1.82, 2.24) is 0 Å². The summed E-state index contributed by atoms with van der Waals surface area (Å²) in [5.74, 6) is 1.05. The van der Waals surface area contributed by atoms with Crippen molar-refractivity contribution in [3.63, 3.8) is 0 Å². The minimum atomic E-state index is -0.694. The van der Waals surface area contributed by atoms with Crippen LogP contribution < -0.4 is 5.73 Å². The fraction of sp³-hybridized carbons (Fsp3) is 0.909. The predicted octanol–water partition coefficient (Wildman–Crippen LogP) is 1.17. The molecular formula is C11H17NO3. The molecule has 84 valence electrons. The molecule has 0 spiro atoms. The van der Waals surface area contributed by atoms with Crippen molar-refractivity contribution in [2.24, 2.45) is 17.6 Å². The van der Waals surface area contributed by atoms with Crippen molar-refractivity contribution in [3.8, 4) is 0 Å². The molecule has 4 fully saturated rings. The average molecular weight is 211 g/mol. The fourth-order valence-electron chi connectivity index (χ4n) is 4.46. The monoisotopic (exact) mass is 211 g/mol. The van der Waals surface area contributed by atoms with Gasteiger partial charge in [-0.15, -0.1) is 0 Å². The van der Waals surface area contributed by atoms with E-state index in [1.165, 1.54) is 6.42 Å². The number of amides is 1. The Bertz CT molecular complexity index is 301. The second kappa shape index (κ2) is 2.67. The summed E-state index contributed by atoms with van der Waals surface area (Å²) in [6, 6.07) is 0. The van der Waals surface area contributed by atoms with Crippen LogP contribution in [0.3, 0.4) is 0 Å². The first-order valence-corrected chi connectivity index (χ1v) is 5.70. The first kappa shape index (κ1) is 9.46. The molecule has 2 atom stereocenters. The number of rotatable bonds is 1. The first-order valence-electron chi connectivity index (χ1n) is 5.70. The molecule has 0 radical (unpaired) electrons. The lowest BCUT2D eigenvalue weighted by molar-refractivity contribution is -0.197. The standard InChI is InChI=1S/C11H17NO3/c12-9(13)15-11-4-7-1-8(5-11)3-10(14,2-7)6-11/h7-8,14H,1-6H2,(H2,12,13). The summed E-state index contributed by atoms with van der Waals surface area (Å²) < 4.78 is 5.29. The van der Waals surface area contributed by atoms with Crippen LogP contribution in [0.25, 0.3) is 0 Å². The second-order valence-corrected chi connectivity index (χ2v) is 5.79. The van der Waals surface area contributed by atoms with Crippen LogP contribution in [0.4, 0.5) is 4.79 Å². The molecule has 0 aromatic carbocycles. The number of nitrogens with two attached hydrogens (primary N) is 1. The number of carbonyl (C=O) groups excluding carboxylic acids is 1. The minimum absolute atomic E-state index is 0.440. The maximum Gasteiger partial charge on any atom is 0.405 e. The lowest BCUT2D eigenvalue weighted by Gasteiger charge is -2.58. The van der Waals surface area contributed by atoms with Crippen LogP contribution in [0.5, 0.6) is 0 Å². The third-order valence-corrected chi connectivity index (χ3v) is 4.29. The molecule has 3 N–H and O–H groups in total. The lowest BCUT2D eigenvalue weighted by atomic mass is 9.52. The molecule has 4 aliphatic rings. The van der Waals surface area contributed by atoms with Crippen LogP contribution in [-0.4, -0.2) is 22.4 Å². The molecule has 4 heteroatoms. The molecule has 0 aromatic rings. The molecular weight excluding hydrogens is 194 g/mol. The number of ether oxygens (including phenoxy) is 1. The normalized spacial score (nSPS) is 51.8. The number of primary amides is 1. The zero-order valence-electron chi connectivity index (χ0n) is 8.74. The fourth-order valence-corrected chi connectivity index (χ4v) is 4.46. The van der Waals surface area contributed by atoms with Crippen molar-refractivity contribution in [2.45, 2.75) is 49.7 Å². The van der Waals surface area contributed by atoms with E-state index in [4.69, 9.17) is 10.5 Å². The number of aliphatic hydroxyl groups is 1. The second-order valence-electron chi connectivity index (χ2n) is 5.79. The van der Waals surface area contributed by atoms with Gasteiger partial charge in [-0.2, -0.15) is 0 Å². The van der Waals surface area contributed by atoms with Crippen molar-refractivity contribution >= 4 is 6.09 Å². The third-order valence-electron chi connectivity index (χ3n) is 4.29. The SMILES string of the molecule is NC(=O)OC12CC3CC(CC(O)(C3)C1)C2. The van der Waals surface area contributed by atoms with Crippen molar-refractivity contribution < 1.29 is 14.6 Å². The van der Waals surface area contributed by atoms with E-state index in [1.54, 1.807) is 0 Å². The Labute approximate surface area is 88.8 Å². The van der Waals surface area contributed by atoms with E-state index in [0.717, 1.165) is 25.7 Å². The summed E-state index contributed by atoms with van der Waals surface area (Å²) in [7, 11) is 0. The summed E-state index contributed by atoms with van der Waals surface area (Å²) in [4.78, 5) is 10.9. The van der Waals surface area contributed by atoms with Gasteiger partial charge in [0.05, 0.1) is 5.60 Å². The quantitative estimate of drug-likeness (QED) is 0.683. The number of hydrogen-bond acceptors (Lipinski definition) is 3. The molecule has 0 heterocycles. The van der Waals surface area contributed by atoms with E-state index < -0.39 is 17.3 Å². The van der Waals surface area contributed by atoms with E-state index in [1.807, 2.05) is 0 Å². The van der Waals surface area contributed by atoms with E-state index in [-0.39, 0.29) is 0 Å². The Hall–Kier alpha value is -0.770. The summed E-state index contributed by atoms with van der Waals surface area (Å²) in [6.45, 7) is 0. The van der Waals surface area contributed by atoms with Gasteiger partial charge in [0.1, 0.15) is 5.60 Å². The zero-order valence-corrected chi connectivity index (χ0v) is 8.74. The van der Waals surface area contributed by atoms with E-state index in [9.17, 15) is 9.90 Å². The molecule has 0 aromatic heterocycles. The highest BCUT2D eigenvalue weighted by Gasteiger charge is 2.59. The largest absolute Gasteiger partial charge is 0.443 e.